The van der Waals surface area contributed by atoms with E-state index >= 15 is 0 Å². The second kappa shape index (κ2) is 3.58. The summed E-state index contributed by atoms with van der Waals surface area (Å²) >= 11 is 0. The van der Waals surface area contributed by atoms with Gasteiger partial charge in [0.2, 0.25) is 0 Å². The van der Waals surface area contributed by atoms with E-state index in [1.807, 2.05) is 18.2 Å². The number of hydrogen-bond acceptors (Lipinski definition) is 0. The maximum absolute atomic E-state index is 12.1. The van der Waals surface area contributed by atoms with E-state index in [-0.39, 0.29) is 0 Å². The maximum Gasteiger partial charge on any atom is 0.270 e. The summed E-state index contributed by atoms with van der Waals surface area (Å²) in [5.41, 5.74) is 0.527. The zero-order chi connectivity index (χ0) is 9.97. The molecule has 0 aliphatic carbocycles. The molecule has 0 bridgehead atoms. The van der Waals surface area contributed by atoms with Crippen molar-refractivity contribution in [3.05, 3.63) is 54.1 Å². The molecule has 0 aliphatic rings. The van der Waals surface area contributed by atoms with Crippen LogP contribution in [0.3, 0.4) is 0 Å². The van der Waals surface area contributed by atoms with Crippen molar-refractivity contribution >= 4 is 16.8 Å². The summed E-state index contributed by atoms with van der Waals surface area (Å²) < 4.78 is 24.2. The van der Waals surface area contributed by atoms with E-state index in [0.29, 0.717) is 5.56 Å². The summed E-state index contributed by atoms with van der Waals surface area (Å²) in [6.07, 6.45) is -0.808. The molecule has 69 valence electrons. The van der Waals surface area contributed by atoms with Crippen LogP contribution in [0, 0.1) is 6.07 Å². The van der Waals surface area contributed by atoms with Crippen molar-refractivity contribution in [2.24, 2.45) is 0 Å². The zero-order valence-corrected chi connectivity index (χ0v) is 7.30. The van der Waals surface area contributed by atoms with Gasteiger partial charge in [0, 0.05) is 6.08 Å². The second-order valence-corrected chi connectivity index (χ2v) is 2.91. The van der Waals surface area contributed by atoms with Gasteiger partial charge in [-0.3, -0.25) is 0 Å². The minimum absolute atomic E-state index is 0.527. The lowest BCUT2D eigenvalue weighted by molar-refractivity contribution is 0.429. The second-order valence-electron chi connectivity index (χ2n) is 2.91. The normalized spacial score (nSPS) is 10.1. The quantitative estimate of drug-likeness (QED) is 0.638. The lowest BCUT2D eigenvalue weighted by atomic mass is 10.0. The number of rotatable bonds is 1. The van der Waals surface area contributed by atoms with Gasteiger partial charge >= 0.3 is 0 Å². The van der Waals surface area contributed by atoms with Crippen molar-refractivity contribution in [3.63, 3.8) is 0 Å². The first-order chi connectivity index (χ1) is 6.77. The Hall–Kier alpha value is -1.70. The summed E-state index contributed by atoms with van der Waals surface area (Å²) in [6, 6.07) is 13.6. The van der Waals surface area contributed by atoms with Gasteiger partial charge in [-0.15, -0.1) is 0 Å². The van der Waals surface area contributed by atoms with Crippen molar-refractivity contribution in [2.75, 3.05) is 0 Å². The average molecular weight is 189 g/mol. The highest BCUT2D eigenvalue weighted by Gasteiger charge is 1.98. The van der Waals surface area contributed by atoms with Crippen LogP contribution < -0.4 is 0 Å². The molecule has 2 aromatic carbocycles. The largest absolute Gasteiger partial charge is 0.270 e. The molecular formula is C12H7F2. The first-order valence-electron chi connectivity index (χ1n) is 4.19. The van der Waals surface area contributed by atoms with Crippen LogP contribution in [-0.4, -0.2) is 0 Å². The van der Waals surface area contributed by atoms with Crippen LogP contribution in [0.15, 0.2) is 42.5 Å². The van der Waals surface area contributed by atoms with E-state index in [2.05, 4.69) is 6.07 Å². The third-order valence-corrected chi connectivity index (χ3v) is 2.00. The van der Waals surface area contributed by atoms with Crippen LogP contribution >= 0.6 is 0 Å². The molecule has 0 saturated heterocycles. The van der Waals surface area contributed by atoms with Gasteiger partial charge in [0.15, 0.2) is 0 Å². The van der Waals surface area contributed by atoms with Crippen LogP contribution in [0.5, 0.6) is 0 Å². The van der Waals surface area contributed by atoms with Crippen LogP contribution in [0.4, 0.5) is 8.78 Å². The van der Waals surface area contributed by atoms with E-state index in [1.165, 1.54) is 0 Å². The predicted octanol–water partition coefficient (Wildman–Crippen LogP) is 3.88. The minimum Gasteiger partial charge on any atom is -0.173 e. The van der Waals surface area contributed by atoms with Crippen molar-refractivity contribution in [2.45, 2.75) is 0 Å². The van der Waals surface area contributed by atoms with Gasteiger partial charge in [-0.2, -0.15) is 8.78 Å². The van der Waals surface area contributed by atoms with Crippen molar-refractivity contribution in [3.8, 4) is 0 Å². The molecule has 2 aromatic rings. The average Bonchev–Trinajstić information content (AvgIpc) is 2.18. The molecule has 0 heterocycles. The lowest BCUT2D eigenvalue weighted by Crippen LogP contribution is -1.77. The standard InChI is InChI=1S/C12H7F2/c13-12(14)8-10-6-3-5-9-4-1-2-7-11(9)10/h1-4,6-8H. The predicted molar refractivity (Wildman–Crippen MR) is 53.0 cm³/mol. The van der Waals surface area contributed by atoms with E-state index < -0.39 is 6.08 Å². The van der Waals surface area contributed by atoms with Crippen molar-refractivity contribution in [1.82, 2.24) is 0 Å². The molecule has 0 aliphatic heterocycles. The van der Waals surface area contributed by atoms with E-state index in [4.69, 9.17) is 0 Å². The number of benzene rings is 2. The summed E-state index contributed by atoms with van der Waals surface area (Å²) in [7, 11) is 0. The lowest BCUT2D eigenvalue weighted by Gasteiger charge is -1.99. The Morgan fingerprint density at radius 2 is 1.93 bits per heavy atom. The maximum atomic E-state index is 12.1. The molecule has 2 rings (SSSR count). The monoisotopic (exact) mass is 189 g/mol. The highest BCUT2D eigenvalue weighted by atomic mass is 19.3. The summed E-state index contributed by atoms with van der Waals surface area (Å²) in [5, 5.41) is 1.64. The number of fused-ring (bicyclic) bond motifs is 1. The molecule has 0 fully saturated rings. The molecular weight excluding hydrogens is 182 g/mol. The van der Waals surface area contributed by atoms with Gasteiger partial charge < -0.3 is 0 Å². The molecule has 0 atom stereocenters. The molecule has 0 unspecified atom stereocenters. The van der Waals surface area contributed by atoms with Crippen molar-refractivity contribution in [1.29, 1.82) is 0 Å². The molecule has 0 amide bonds. The molecule has 0 aromatic heterocycles. The Balaban J connectivity index is 2.71. The number of hydrogen-bond donors (Lipinski definition) is 0. The van der Waals surface area contributed by atoms with Crippen LogP contribution in [0.25, 0.3) is 16.8 Å². The molecule has 0 nitrogen and oxygen atoms in total. The van der Waals surface area contributed by atoms with Gasteiger partial charge in [0.05, 0.1) is 0 Å². The highest BCUT2D eigenvalue weighted by Crippen LogP contribution is 2.20. The first kappa shape index (κ1) is 8.88. The highest BCUT2D eigenvalue weighted by molar-refractivity contribution is 5.90. The fourth-order valence-electron chi connectivity index (χ4n) is 1.42. The van der Waals surface area contributed by atoms with Gasteiger partial charge in [-0.05, 0) is 22.4 Å². The van der Waals surface area contributed by atoms with E-state index in [1.54, 1.807) is 18.2 Å². The summed E-state index contributed by atoms with van der Waals surface area (Å²) in [6.45, 7) is 0. The minimum atomic E-state index is -1.68. The van der Waals surface area contributed by atoms with E-state index in [9.17, 15) is 8.78 Å². The third kappa shape index (κ3) is 1.64. The van der Waals surface area contributed by atoms with Crippen LogP contribution in [0.2, 0.25) is 0 Å². The zero-order valence-electron chi connectivity index (χ0n) is 7.30. The Bertz CT molecular complexity index is 477. The number of halogens is 2. The van der Waals surface area contributed by atoms with E-state index in [0.717, 1.165) is 16.8 Å². The summed E-state index contributed by atoms with van der Waals surface area (Å²) in [5.74, 6) is 0. The van der Waals surface area contributed by atoms with Crippen LogP contribution in [-0.2, 0) is 0 Å². The smallest absolute Gasteiger partial charge is 0.173 e. The Morgan fingerprint density at radius 3 is 2.71 bits per heavy atom. The fraction of sp³-hybridized carbons (Fsp3) is 0. The van der Waals surface area contributed by atoms with Gasteiger partial charge in [-0.25, -0.2) is 0 Å². The van der Waals surface area contributed by atoms with Crippen molar-refractivity contribution < 1.29 is 8.78 Å². The Kier molecular flexibility index (Phi) is 2.27. The third-order valence-electron chi connectivity index (χ3n) is 2.00. The van der Waals surface area contributed by atoms with Gasteiger partial charge in [-0.1, -0.05) is 36.4 Å². The first-order valence-corrected chi connectivity index (χ1v) is 4.19. The van der Waals surface area contributed by atoms with Crippen LogP contribution in [0.1, 0.15) is 5.56 Å². The van der Waals surface area contributed by atoms with Gasteiger partial charge in [0.1, 0.15) is 0 Å². The Morgan fingerprint density at radius 1 is 1.14 bits per heavy atom. The topological polar surface area (TPSA) is 0 Å². The molecule has 0 N–H and O–H groups in total. The SMILES string of the molecule is FC(F)=Cc1cc[c]c2ccccc12. The Labute approximate surface area is 80.5 Å². The fourth-order valence-corrected chi connectivity index (χ4v) is 1.42. The molecule has 2 heteroatoms. The van der Waals surface area contributed by atoms with Gasteiger partial charge in [0.25, 0.3) is 6.08 Å². The summed E-state index contributed by atoms with van der Waals surface area (Å²) in [4.78, 5) is 0. The molecule has 14 heavy (non-hydrogen) atoms. The molecule has 0 saturated carbocycles. The molecule has 0 spiro atoms. The molecule has 1 radical (unpaired) electrons.